The third kappa shape index (κ3) is 5.36. The molecule has 0 aromatic heterocycles. The molecule has 0 unspecified atom stereocenters. The molecule has 0 atom stereocenters. The highest BCUT2D eigenvalue weighted by atomic mass is 32.2. The Labute approximate surface area is 171 Å². The molecule has 0 spiro atoms. The van der Waals surface area contributed by atoms with E-state index in [4.69, 9.17) is 10.00 Å². The lowest BCUT2D eigenvalue weighted by atomic mass is 10.1. The van der Waals surface area contributed by atoms with Gasteiger partial charge < -0.3 is 10.1 Å². The summed E-state index contributed by atoms with van der Waals surface area (Å²) in [5.74, 6) is -0.758. The second-order valence-corrected chi connectivity index (χ2v) is 8.03. The molecule has 2 N–H and O–H groups in total. The maximum Gasteiger partial charge on any atom is 0.350 e. The normalized spacial score (nSPS) is 11.5. The number of aryl methyl sites for hydroxylation is 3. The fraction of sp³-hybridized carbons (Fsp3) is 0.238. The number of esters is 1. The number of hydrogen-bond acceptors (Lipinski definition) is 6. The number of para-hydroxylation sites is 2. The number of nitrogens with one attached hydrogen (secondary N) is 2. The number of carbonyl (C=O) groups excluding carboxylic acids is 1. The first-order valence-corrected chi connectivity index (χ1v) is 10.4. The second kappa shape index (κ2) is 9.26. The molecule has 7 nitrogen and oxygen atoms in total. The predicted octanol–water partition coefficient (Wildman–Crippen LogP) is 3.80. The second-order valence-electron chi connectivity index (χ2n) is 6.41. The minimum atomic E-state index is -3.85. The molecular formula is C21H23N3O4S. The van der Waals surface area contributed by atoms with Gasteiger partial charge in [-0.2, -0.15) is 5.26 Å². The van der Waals surface area contributed by atoms with E-state index in [1.54, 1.807) is 51.1 Å². The summed E-state index contributed by atoms with van der Waals surface area (Å²) in [4.78, 5) is 12.0. The minimum Gasteiger partial charge on any atom is -0.462 e. The number of ether oxygens (including phenoxy) is 1. The van der Waals surface area contributed by atoms with Crippen molar-refractivity contribution in [1.82, 2.24) is 0 Å². The van der Waals surface area contributed by atoms with E-state index in [9.17, 15) is 13.2 Å². The fourth-order valence-corrected chi connectivity index (χ4v) is 4.52. The van der Waals surface area contributed by atoms with Gasteiger partial charge in [0.1, 0.15) is 6.07 Å². The van der Waals surface area contributed by atoms with Crippen LogP contribution in [0.15, 0.2) is 53.1 Å². The van der Waals surface area contributed by atoms with Crippen molar-refractivity contribution >= 4 is 27.4 Å². The molecule has 2 aromatic carbocycles. The molecule has 0 heterocycles. The number of hydrogen-bond donors (Lipinski definition) is 2. The Hall–Kier alpha value is -3.31. The average Bonchev–Trinajstić information content (AvgIpc) is 2.62. The quantitative estimate of drug-likeness (QED) is 0.406. The third-order valence-corrected chi connectivity index (χ3v) is 5.70. The van der Waals surface area contributed by atoms with Crippen molar-refractivity contribution in [3.63, 3.8) is 0 Å². The van der Waals surface area contributed by atoms with Crippen LogP contribution in [0.2, 0.25) is 0 Å². The van der Waals surface area contributed by atoms with Crippen molar-refractivity contribution in [1.29, 1.82) is 5.26 Å². The molecule has 0 aliphatic rings. The van der Waals surface area contributed by atoms with Crippen molar-refractivity contribution in [3.05, 3.63) is 64.9 Å². The molecule has 0 bridgehead atoms. The smallest absolute Gasteiger partial charge is 0.350 e. The summed E-state index contributed by atoms with van der Waals surface area (Å²) in [5.41, 5.74) is 2.72. The van der Waals surface area contributed by atoms with E-state index in [1.807, 2.05) is 19.1 Å². The summed E-state index contributed by atoms with van der Waals surface area (Å²) in [7, 11) is -3.85. The SMILES string of the molecule is CCOC(=O)/C(C#N)=C/Nc1ccccc1NS(=O)(=O)c1c(C)cc(C)cc1C. The van der Waals surface area contributed by atoms with Gasteiger partial charge in [-0.05, 0) is 51.0 Å². The topological polar surface area (TPSA) is 108 Å². The third-order valence-electron chi connectivity index (χ3n) is 4.03. The fourth-order valence-electron chi connectivity index (χ4n) is 2.98. The minimum absolute atomic E-state index is 0.142. The Kier molecular flexibility index (Phi) is 7.02. The van der Waals surface area contributed by atoms with Crippen LogP contribution in [0.1, 0.15) is 23.6 Å². The van der Waals surface area contributed by atoms with Gasteiger partial charge >= 0.3 is 5.97 Å². The highest BCUT2D eigenvalue weighted by Crippen LogP contribution is 2.28. The molecule has 0 saturated heterocycles. The van der Waals surface area contributed by atoms with Gasteiger partial charge in [0.2, 0.25) is 0 Å². The summed E-state index contributed by atoms with van der Waals surface area (Å²) in [6.07, 6.45) is 1.19. The molecular weight excluding hydrogens is 390 g/mol. The van der Waals surface area contributed by atoms with E-state index >= 15 is 0 Å². The van der Waals surface area contributed by atoms with Crippen molar-refractivity contribution in [2.45, 2.75) is 32.6 Å². The number of anilines is 2. The summed E-state index contributed by atoms with van der Waals surface area (Å²) in [6.45, 7) is 7.19. The van der Waals surface area contributed by atoms with Crippen molar-refractivity contribution in [2.24, 2.45) is 0 Å². The molecule has 2 aromatic rings. The van der Waals surface area contributed by atoms with Gasteiger partial charge in [0.25, 0.3) is 10.0 Å². The first kappa shape index (κ1) is 22.0. The molecule has 2 rings (SSSR count). The van der Waals surface area contributed by atoms with Crippen LogP contribution in [0.5, 0.6) is 0 Å². The number of rotatable bonds is 7. The summed E-state index contributed by atoms with van der Waals surface area (Å²) >= 11 is 0. The largest absolute Gasteiger partial charge is 0.462 e. The number of benzene rings is 2. The summed E-state index contributed by atoms with van der Waals surface area (Å²) < 4.78 is 33.4. The van der Waals surface area contributed by atoms with Crippen LogP contribution >= 0.6 is 0 Å². The Bertz CT molecular complexity index is 1080. The predicted molar refractivity (Wildman–Crippen MR) is 112 cm³/mol. The van der Waals surface area contributed by atoms with Crippen LogP contribution < -0.4 is 10.0 Å². The van der Waals surface area contributed by atoms with E-state index in [0.717, 1.165) is 5.56 Å². The van der Waals surface area contributed by atoms with Gasteiger partial charge in [-0.15, -0.1) is 0 Å². The first-order chi connectivity index (χ1) is 13.7. The molecule has 0 aliphatic carbocycles. The van der Waals surface area contributed by atoms with E-state index in [-0.39, 0.29) is 22.8 Å². The van der Waals surface area contributed by atoms with E-state index in [0.29, 0.717) is 16.8 Å². The van der Waals surface area contributed by atoms with Crippen molar-refractivity contribution in [3.8, 4) is 6.07 Å². The Balaban J connectivity index is 2.37. The molecule has 0 radical (unpaired) electrons. The Morgan fingerprint density at radius 2 is 1.72 bits per heavy atom. The van der Waals surface area contributed by atoms with Crippen LogP contribution in [0, 0.1) is 32.1 Å². The number of sulfonamides is 1. The van der Waals surface area contributed by atoms with Crippen LogP contribution in [0.4, 0.5) is 11.4 Å². The van der Waals surface area contributed by atoms with Gasteiger partial charge in [-0.25, -0.2) is 13.2 Å². The molecule has 152 valence electrons. The Morgan fingerprint density at radius 1 is 1.14 bits per heavy atom. The van der Waals surface area contributed by atoms with Crippen molar-refractivity contribution in [2.75, 3.05) is 16.6 Å². The molecule has 0 fully saturated rings. The molecule has 0 amide bonds. The van der Waals surface area contributed by atoms with Crippen LogP contribution in [-0.4, -0.2) is 21.0 Å². The standard InChI is InChI=1S/C21H23N3O4S/c1-5-28-21(25)17(12-22)13-23-18-8-6-7-9-19(18)24-29(26,27)20-15(3)10-14(2)11-16(20)4/h6-11,13,23-24H,5H2,1-4H3/b17-13+. The number of nitrogens with zero attached hydrogens (tertiary/aromatic N) is 1. The van der Waals surface area contributed by atoms with Crippen LogP contribution in [-0.2, 0) is 19.6 Å². The zero-order valence-electron chi connectivity index (χ0n) is 16.7. The zero-order valence-corrected chi connectivity index (χ0v) is 17.6. The number of carbonyl (C=O) groups is 1. The average molecular weight is 413 g/mol. The van der Waals surface area contributed by atoms with E-state index in [2.05, 4.69) is 10.0 Å². The monoisotopic (exact) mass is 413 g/mol. The van der Waals surface area contributed by atoms with Gasteiger partial charge in [-0.1, -0.05) is 29.8 Å². The molecule has 0 saturated carbocycles. The molecule has 8 heteroatoms. The van der Waals surface area contributed by atoms with Crippen LogP contribution in [0.3, 0.4) is 0 Å². The zero-order chi connectivity index (χ0) is 21.6. The van der Waals surface area contributed by atoms with Gasteiger partial charge in [0, 0.05) is 6.20 Å². The van der Waals surface area contributed by atoms with Gasteiger partial charge in [-0.3, -0.25) is 4.72 Å². The Morgan fingerprint density at radius 3 is 2.28 bits per heavy atom. The molecule has 0 aliphatic heterocycles. The summed E-state index contributed by atoms with van der Waals surface area (Å²) in [5, 5.41) is 11.9. The first-order valence-electron chi connectivity index (χ1n) is 8.93. The lowest BCUT2D eigenvalue weighted by molar-refractivity contribution is -0.138. The molecule has 29 heavy (non-hydrogen) atoms. The maximum absolute atomic E-state index is 13.0. The van der Waals surface area contributed by atoms with E-state index < -0.39 is 16.0 Å². The highest BCUT2D eigenvalue weighted by Gasteiger charge is 2.21. The highest BCUT2D eigenvalue weighted by molar-refractivity contribution is 7.92. The lowest BCUT2D eigenvalue weighted by Gasteiger charge is -2.16. The van der Waals surface area contributed by atoms with E-state index in [1.165, 1.54) is 6.20 Å². The van der Waals surface area contributed by atoms with Gasteiger partial charge in [0.15, 0.2) is 5.57 Å². The van der Waals surface area contributed by atoms with Crippen LogP contribution in [0.25, 0.3) is 0 Å². The summed E-state index contributed by atoms with van der Waals surface area (Å²) in [6, 6.07) is 12.0. The van der Waals surface area contributed by atoms with Gasteiger partial charge in [0.05, 0.1) is 22.9 Å². The lowest BCUT2D eigenvalue weighted by Crippen LogP contribution is -2.17. The van der Waals surface area contributed by atoms with Crippen molar-refractivity contribution < 1.29 is 17.9 Å². The number of nitriles is 1. The maximum atomic E-state index is 13.0.